The van der Waals surface area contributed by atoms with Crippen LogP contribution >= 0.6 is 15.9 Å². The molecule has 0 aliphatic rings. The van der Waals surface area contributed by atoms with E-state index in [-0.39, 0.29) is 17.5 Å². The third-order valence-corrected chi connectivity index (χ3v) is 5.23. The highest BCUT2D eigenvalue weighted by molar-refractivity contribution is 9.10. The van der Waals surface area contributed by atoms with Crippen molar-refractivity contribution in [1.29, 1.82) is 0 Å². The molecule has 0 bridgehead atoms. The molecule has 1 aromatic rings. The van der Waals surface area contributed by atoms with Crippen LogP contribution in [0.3, 0.4) is 0 Å². The van der Waals surface area contributed by atoms with E-state index in [9.17, 15) is 8.42 Å². The maximum Gasteiger partial charge on any atom is 0.157 e. The van der Waals surface area contributed by atoms with Gasteiger partial charge in [-0.25, -0.2) is 8.42 Å². The standard InChI is InChI=1S/C11H20BrN3O2S/c1-4-9-11(12)10(15(5-2)14-9)7-18(16,17)6-8(3)13/h8H,4-7,13H2,1-3H3. The molecule has 7 heteroatoms. The zero-order valence-corrected chi connectivity index (χ0v) is 13.4. The van der Waals surface area contributed by atoms with Gasteiger partial charge < -0.3 is 5.73 Å². The average molecular weight is 338 g/mol. The zero-order valence-electron chi connectivity index (χ0n) is 11.0. The molecule has 0 spiro atoms. The number of aryl methyl sites for hydroxylation is 2. The van der Waals surface area contributed by atoms with Gasteiger partial charge in [0.25, 0.3) is 0 Å². The average Bonchev–Trinajstić information content (AvgIpc) is 2.53. The lowest BCUT2D eigenvalue weighted by atomic mass is 10.3. The topological polar surface area (TPSA) is 78.0 Å². The van der Waals surface area contributed by atoms with E-state index in [1.807, 2.05) is 13.8 Å². The fourth-order valence-corrected chi connectivity index (χ4v) is 4.34. The maximum absolute atomic E-state index is 12.0. The lowest BCUT2D eigenvalue weighted by Gasteiger charge is -2.09. The smallest absolute Gasteiger partial charge is 0.157 e. The first-order valence-corrected chi connectivity index (χ1v) is 8.62. The number of aromatic nitrogens is 2. The zero-order chi connectivity index (χ0) is 13.9. The van der Waals surface area contributed by atoms with E-state index >= 15 is 0 Å². The molecule has 0 radical (unpaired) electrons. The predicted molar refractivity (Wildman–Crippen MR) is 76.1 cm³/mol. The van der Waals surface area contributed by atoms with Gasteiger partial charge in [0.2, 0.25) is 0 Å². The van der Waals surface area contributed by atoms with Crippen molar-refractivity contribution in [3.63, 3.8) is 0 Å². The molecule has 0 aliphatic heterocycles. The monoisotopic (exact) mass is 337 g/mol. The quantitative estimate of drug-likeness (QED) is 0.852. The lowest BCUT2D eigenvalue weighted by molar-refractivity contribution is 0.580. The van der Waals surface area contributed by atoms with Crippen LogP contribution in [0.4, 0.5) is 0 Å². The summed E-state index contributed by atoms with van der Waals surface area (Å²) >= 11 is 3.44. The molecular weight excluding hydrogens is 318 g/mol. The fraction of sp³-hybridized carbons (Fsp3) is 0.727. The molecule has 1 aromatic heterocycles. The normalized spacial score (nSPS) is 13.8. The highest BCUT2D eigenvalue weighted by Gasteiger charge is 2.21. The Hall–Kier alpha value is -0.400. The fourth-order valence-electron chi connectivity index (χ4n) is 1.82. The molecule has 2 N–H and O–H groups in total. The Bertz CT molecular complexity index is 509. The molecule has 0 amide bonds. The molecule has 1 atom stereocenters. The van der Waals surface area contributed by atoms with Crippen LogP contribution in [0.5, 0.6) is 0 Å². The molecule has 0 aromatic carbocycles. The van der Waals surface area contributed by atoms with Gasteiger partial charge in [-0.1, -0.05) is 6.92 Å². The molecule has 0 saturated carbocycles. The van der Waals surface area contributed by atoms with Gasteiger partial charge in [-0.05, 0) is 36.2 Å². The van der Waals surface area contributed by atoms with Gasteiger partial charge in [0, 0.05) is 12.6 Å². The summed E-state index contributed by atoms with van der Waals surface area (Å²) < 4.78 is 26.5. The van der Waals surface area contributed by atoms with Crippen molar-refractivity contribution in [2.45, 2.75) is 45.5 Å². The number of nitrogens with zero attached hydrogens (tertiary/aromatic N) is 2. The van der Waals surface area contributed by atoms with Crippen LogP contribution in [0.15, 0.2) is 4.47 Å². The van der Waals surface area contributed by atoms with Crippen molar-refractivity contribution < 1.29 is 8.42 Å². The highest BCUT2D eigenvalue weighted by atomic mass is 79.9. The molecule has 5 nitrogen and oxygen atoms in total. The molecule has 18 heavy (non-hydrogen) atoms. The van der Waals surface area contributed by atoms with Crippen molar-refractivity contribution >= 4 is 25.8 Å². The van der Waals surface area contributed by atoms with E-state index in [1.165, 1.54) is 0 Å². The first kappa shape index (κ1) is 15.7. The van der Waals surface area contributed by atoms with Gasteiger partial charge in [-0.15, -0.1) is 0 Å². The summed E-state index contributed by atoms with van der Waals surface area (Å²) in [5.41, 5.74) is 7.17. The number of rotatable bonds is 6. The van der Waals surface area contributed by atoms with E-state index in [0.29, 0.717) is 6.54 Å². The van der Waals surface area contributed by atoms with Crippen molar-refractivity contribution in [2.24, 2.45) is 5.73 Å². The molecular formula is C11H20BrN3O2S. The minimum Gasteiger partial charge on any atom is -0.327 e. The van der Waals surface area contributed by atoms with Gasteiger partial charge in [0.15, 0.2) is 9.84 Å². The van der Waals surface area contributed by atoms with E-state index in [0.717, 1.165) is 22.3 Å². The Kier molecular flexibility index (Phi) is 5.36. The summed E-state index contributed by atoms with van der Waals surface area (Å²) in [5, 5.41) is 4.38. The minimum absolute atomic E-state index is 0.00417. The number of sulfone groups is 1. The number of hydrogen-bond donors (Lipinski definition) is 1. The molecule has 0 aliphatic carbocycles. The summed E-state index contributed by atoms with van der Waals surface area (Å²) in [5.74, 6) is -0.0221. The van der Waals surface area contributed by atoms with Gasteiger partial charge in [0.05, 0.1) is 27.4 Å². The van der Waals surface area contributed by atoms with Gasteiger partial charge >= 0.3 is 0 Å². The summed E-state index contributed by atoms with van der Waals surface area (Å²) in [6.07, 6.45) is 0.772. The van der Waals surface area contributed by atoms with Crippen molar-refractivity contribution in [1.82, 2.24) is 9.78 Å². The van der Waals surface area contributed by atoms with E-state index < -0.39 is 9.84 Å². The minimum atomic E-state index is -3.20. The van der Waals surface area contributed by atoms with Crippen molar-refractivity contribution in [3.05, 3.63) is 15.9 Å². The predicted octanol–water partition coefficient (Wildman–Crippen LogP) is 1.49. The number of hydrogen-bond acceptors (Lipinski definition) is 4. The van der Waals surface area contributed by atoms with E-state index in [4.69, 9.17) is 5.73 Å². The second-order valence-corrected chi connectivity index (χ2v) is 7.31. The van der Waals surface area contributed by atoms with E-state index in [2.05, 4.69) is 21.0 Å². The second kappa shape index (κ2) is 6.16. The first-order valence-electron chi connectivity index (χ1n) is 6.00. The van der Waals surface area contributed by atoms with Crippen molar-refractivity contribution in [3.8, 4) is 0 Å². The summed E-state index contributed by atoms with van der Waals surface area (Å²) in [6, 6.07) is -0.350. The molecule has 0 fully saturated rings. The number of nitrogens with two attached hydrogens (primary N) is 1. The van der Waals surface area contributed by atoms with Gasteiger partial charge in [0.1, 0.15) is 0 Å². The Balaban J connectivity index is 3.07. The highest BCUT2D eigenvalue weighted by Crippen LogP contribution is 2.24. The molecule has 104 valence electrons. The van der Waals surface area contributed by atoms with Gasteiger partial charge in [-0.3, -0.25) is 4.68 Å². The van der Waals surface area contributed by atoms with Crippen LogP contribution in [-0.2, 0) is 28.6 Å². The van der Waals surface area contributed by atoms with Crippen LogP contribution in [-0.4, -0.2) is 30.0 Å². The van der Waals surface area contributed by atoms with Crippen molar-refractivity contribution in [2.75, 3.05) is 5.75 Å². The number of halogens is 1. The molecule has 1 heterocycles. The second-order valence-electron chi connectivity index (χ2n) is 4.41. The summed E-state index contributed by atoms with van der Waals surface area (Å²) in [6.45, 7) is 6.29. The lowest BCUT2D eigenvalue weighted by Crippen LogP contribution is -2.27. The summed E-state index contributed by atoms with van der Waals surface area (Å²) in [4.78, 5) is 0. The van der Waals surface area contributed by atoms with Crippen LogP contribution in [0.25, 0.3) is 0 Å². The molecule has 1 rings (SSSR count). The molecule has 0 saturated heterocycles. The van der Waals surface area contributed by atoms with E-state index in [1.54, 1.807) is 11.6 Å². The maximum atomic E-state index is 12.0. The molecule has 1 unspecified atom stereocenters. The van der Waals surface area contributed by atoms with Crippen LogP contribution < -0.4 is 5.73 Å². The third kappa shape index (κ3) is 3.80. The van der Waals surface area contributed by atoms with Crippen LogP contribution in [0, 0.1) is 0 Å². The Morgan fingerprint density at radius 3 is 2.50 bits per heavy atom. The third-order valence-electron chi connectivity index (χ3n) is 2.57. The van der Waals surface area contributed by atoms with Crippen LogP contribution in [0.2, 0.25) is 0 Å². The Morgan fingerprint density at radius 1 is 1.44 bits per heavy atom. The van der Waals surface area contributed by atoms with Crippen LogP contribution in [0.1, 0.15) is 32.2 Å². The Labute approximate surface area is 117 Å². The SMILES string of the molecule is CCc1nn(CC)c(CS(=O)(=O)CC(C)N)c1Br. The first-order chi connectivity index (χ1) is 8.30. The summed E-state index contributed by atoms with van der Waals surface area (Å²) in [7, 11) is -3.20. The van der Waals surface area contributed by atoms with Gasteiger partial charge in [-0.2, -0.15) is 5.10 Å². The Morgan fingerprint density at radius 2 is 2.06 bits per heavy atom. The largest absolute Gasteiger partial charge is 0.327 e.